The van der Waals surface area contributed by atoms with Crippen molar-refractivity contribution in [1.82, 2.24) is 4.98 Å². The van der Waals surface area contributed by atoms with Gasteiger partial charge in [0.25, 0.3) is 0 Å². The predicted octanol–water partition coefficient (Wildman–Crippen LogP) is 3.85. The first-order valence-corrected chi connectivity index (χ1v) is 7.04. The highest BCUT2D eigenvalue weighted by Crippen LogP contribution is 2.33. The summed E-state index contributed by atoms with van der Waals surface area (Å²) < 4.78 is 13.6. The average Bonchev–Trinajstić information content (AvgIpc) is 2.48. The number of nitrogens with two attached hydrogens (primary N) is 1. The summed E-state index contributed by atoms with van der Waals surface area (Å²) in [6.45, 7) is 2.62. The van der Waals surface area contributed by atoms with E-state index in [1.807, 2.05) is 18.2 Å². The Labute approximate surface area is 123 Å². The maximum Gasteiger partial charge on any atom is 0.123 e. The Morgan fingerprint density at radius 1 is 1.14 bits per heavy atom. The number of benzene rings is 2. The number of aryl methyl sites for hydroxylation is 1. The molecule has 0 atom stereocenters. The van der Waals surface area contributed by atoms with Gasteiger partial charge in [0.2, 0.25) is 0 Å². The van der Waals surface area contributed by atoms with E-state index in [0.29, 0.717) is 6.54 Å². The number of aromatic nitrogens is 1. The van der Waals surface area contributed by atoms with Gasteiger partial charge in [-0.1, -0.05) is 24.3 Å². The molecule has 0 radical (unpaired) electrons. The van der Waals surface area contributed by atoms with Crippen LogP contribution in [0, 0.1) is 12.7 Å². The van der Waals surface area contributed by atoms with Crippen LogP contribution < -0.4 is 5.73 Å². The Kier molecular flexibility index (Phi) is 3.67. The van der Waals surface area contributed by atoms with E-state index in [2.05, 4.69) is 18.0 Å². The minimum absolute atomic E-state index is 0.240. The van der Waals surface area contributed by atoms with Crippen LogP contribution in [-0.2, 0) is 6.42 Å². The van der Waals surface area contributed by atoms with Crippen molar-refractivity contribution in [2.75, 3.05) is 6.54 Å². The van der Waals surface area contributed by atoms with Crippen LogP contribution in [0.5, 0.6) is 0 Å². The highest BCUT2D eigenvalue weighted by Gasteiger charge is 2.13. The Balaban J connectivity index is 2.37. The van der Waals surface area contributed by atoms with Crippen molar-refractivity contribution in [3.63, 3.8) is 0 Å². The van der Waals surface area contributed by atoms with Gasteiger partial charge < -0.3 is 5.73 Å². The number of pyridine rings is 1. The van der Waals surface area contributed by atoms with Gasteiger partial charge in [-0.3, -0.25) is 4.98 Å². The number of nitrogens with zero attached hydrogens (tertiary/aromatic N) is 1. The lowest BCUT2D eigenvalue weighted by Gasteiger charge is -2.14. The fourth-order valence-corrected chi connectivity index (χ4v) is 2.80. The van der Waals surface area contributed by atoms with Gasteiger partial charge >= 0.3 is 0 Å². The summed E-state index contributed by atoms with van der Waals surface area (Å²) in [4.78, 5) is 4.53. The fraction of sp³-hybridized carbons (Fsp3) is 0.167. The number of hydrogen-bond acceptors (Lipinski definition) is 2. The Bertz CT molecular complexity index is 796. The van der Waals surface area contributed by atoms with Gasteiger partial charge in [-0.25, -0.2) is 4.39 Å². The molecule has 0 saturated carbocycles. The van der Waals surface area contributed by atoms with Gasteiger partial charge in [0.1, 0.15) is 5.82 Å². The third kappa shape index (κ3) is 2.52. The van der Waals surface area contributed by atoms with Gasteiger partial charge in [0, 0.05) is 17.1 Å². The molecule has 106 valence electrons. The summed E-state index contributed by atoms with van der Waals surface area (Å²) in [5.41, 5.74) is 10.8. The van der Waals surface area contributed by atoms with E-state index in [0.717, 1.165) is 34.0 Å². The van der Waals surface area contributed by atoms with Crippen LogP contribution in [0.25, 0.3) is 22.0 Å². The van der Waals surface area contributed by atoms with Crippen LogP contribution in [0.15, 0.2) is 48.7 Å². The molecule has 0 bridgehead atoms. The van der Waals surface area contributed by atoms with Crippen LogP contribution in [0.2, 0.25) is 0 Å². The largest absolute Gasteiger partial charge is 0.330 e. The highest BCUT2D eigenvalue weighted by atomic mass is 19.1. The maximum atomic E-state index is 13.6. The molecule has 0 fully saturated rings. The normalized spacial score (nSPS) is 11.0. The van der Waals surface area contributed by atoms with Crippen LogP contribution >= 0.6 is 0 Å². The quantitative estimate of drug-likeness (QED) is 0.791. The Morgan fingerprint density at radius 2 is 2.00 bits per heavy atom. The van der Waals surface area contributed by atoms with E-state index in [4.69, 9.17) is 5.73 Å². The average molecular weight is 280 g/mol. The molecule has 2 nitrogen and oxygen atoms in total. The van der Waals surface area contributed by atoms with Crippen LogP contribution in [0.1, 0.15) is 11.1 Å². The molecule has 21 heavy (non-hydrogen) atoms. The van der Waals surface area contributed by atoms with Gasteiger partial charge in [-0.2, -0.15) is 0 Å². The molecule has 0 aliphatic heterocycles. The third-order valence-electron chi connectivity index (χ3n) is 3.71. The smallest absolute Gasteiger partial charge is 0.123 e. The van der Waals surface area contributed by atoms with Crippen molar-refractivity contribution in [1.29, 1.82) is 0 Å². The van der Waals surface area contributed by atoms with E-state index < -0.39 is 0 Å². The predicted molar refractivity (Wildman–Crippen MR) is 84.6 cm³/mol. The van der Waals surface area contributed by atoms with Gasteiger partial charge in [0.15, 0.2) is 0 Å². The minimum Gasteiger partial charge on any atom is -0.330 e. The number of rotatable bonds is 3. The molecule has 3 heteroatoms. The van der Waals surface area contributed by atoms with Crippen molar-refractivity contribution in [2.24, 2.45) is 5.73 Å². The van der Waals surface area contributed by atoms with Crippen LogP contribution in [0.3, 0.4) is 0 Å². The Morgan fingerprint density at radius 3 is 2.76 bits per heavy atom. The number of halogens is 1. The first-order valence-electron chi connectivity index (χ1n) is 7.04. The van der Waals surface area contributed by atoms with Gasteiger partial charge in [0.05, 0.1) is 5.52 Å². The SMILES string of the molecule is Cc1cc(CCN)c(-c2cccc(F)c2)c2ncccc12. The summed E-state index contributed by atoms with van der Waals surface area (Å²) in [6, 6.07) is 12.8. The standard InChI is InChI=1S/C18H17FN2/c1-12-10-14(7-8-20)17(13-4-2-5-15(19)11-13)18-16(12)6-3-9-21-18/h2-6,9-11H,7-8,20H2,1H3. The number of hydrogen-bond donors (Lipinski definition) is 1. The first kappa shape index (κ1) is 13.7. The molecule has 2 N–H and O–H groups in total. The third-order valence-corrected chi connectivity index (χ3v) is 3.71. The zero-order valence-electron chi connectivity index (χ0n) is 11.9. The number of fused-ring (bicyclic) bond motifs is 1. The Hall–Kier alpha value is -2.26. The van der Waals surface area contributed by atoms with E-state index in [9.17, 15) is 4.39 Å². The minimum atomic E-state index is -0.240. The zero-order chi connectivity index (χ0) is 14.8. The van der Waals surface area contributed by atoms with Gasteiger partial charge in [-0.05, 0) is 54.8 Å². The molecule has 0 amide bonds. The summed E-state index contributed by atoms with van der Waals surface area (Å²) in [5, 5.41) is 1.09. The summed E-state index contributed by atoms with van der Waals surface area (Å²) in [5.74, 6) is -0.240. The van der Waals surface area contributed by atoms with Crippen molar-refractivity contribution in [2.45, 2.75) is 13.3 Å². The second-order valence-corrected chi connectivity index (χ2v) is 5.18. The molecule has 1 heterocycles. The fourth-order valence-electron chi connectivity index (χ4n) is 2.80. The lowest BCUT2D eigenvalue weighted by Crippen LogP contribution is -2.05. The van der Waals surface area contributed by atoms with Crippen molar-refractivity contribution < 1.29 is 4.39 Å². The van der Waals surface area contributed by atoms with E-state index in [1.165, 1.54) is 11.6 Å². The summed E-state index contributed by atoms with van der Waals surface area (Å²) in [7, 11) is 0. The lowest BCUT2D eigenvalue weighted by molar-refractivity contribution is 0.628. The molecule has 0 spiro atoms. The molecule has 0 aliphatic carbocycles. The van der Waals surface area contributed by atoms with Crippen molar-refractivity contribution in [3.8, 4) is 11.1 Å². The second kappa shape index (κ2) is 5.62. The van der Waals surface area contributed by atoms with Crippen molar-refractivity contribution in [3.05, 3.63) is 65.6 Å². The molecule has 3 rings (SSSR count). The molecular formula is C18H17FN2. The lowest BCUT2D eigenvalue weighted by atomic mass is 9.92. The highest BCUT2D eigenvalue weighted by molar-refractivity contribution is 5.97. The molecule has 2 aromatic carbocycles. The summed E-state index contributed by atoms with van der Waals surface area (Å²) >= 11 is 0. The van der Waals surface area contributed by atoms with Gasteiger partial charge in [-0.15, -0.1) is 0 Å². The molecule has 0 aliphatic rings. The summed E-state index contributed by atoms with van der Waals surface area (Å²) in [6.07, 6.45) is 2.52. The zero-order valence-corrected chi connectivity index (χ0v) is 11.9. The molecule has 1 aromatic heterocycles. The monoisotopic (exact) mass is 280 g/mol. The second-order valence-electron chi connectivity index (χ2n) is 5.18. The molecule has 0 unspecified atom stereocenters. The van der Waals surface area contributed by atoms with Crippen molar-refractivity contribution >= 4 is 10.9 Å². The topological polar surface area (TPSA) is 38.9 Å². The maximum absolute atomic E-state index is 13.6. The van der Waals surface area contributed by atoms with E-state index in [1.54, 1.807) is 18.3 Å². The van der Waals surface area contributed by atoms with Crippen LogP contribution in [-0.4, -0.2) is 11.5 Å². The molecular weight excluding hydrogens is 263 g/mol. The molecule has 3 aromatic rings. The molecule has 0 saturated heterocycles. The van der Waals surface area contributed by atoms with E-state index >= 15 is 0 Å². The van der Waals surface area contributed by atoms with E-state index in [-0.39, 0.29) is 5.82 Å². The first-order chi connectivity index (χ1) is 10.2. The van der Waals surface area contributed by atoms with Crippen LogP contribution in [0.4, 0.5) is 4.39 Å².